The third-order valence-corrected chi connectivity index (χ3v) is 2.15. The molecular weight excluding hydrogens is 176 g/mol. The molecule has 66 valence electrons. The maximum atomic E-state index is 11.1. The fourth-order valence-electron chi connectivity index (χ4n) is 0.885. The van der Waals surface area contributed by atoms with Gasteiger partial charge in [-0.25, -0.2) is 4.79 Å². The van der Waals surface area contributed by atoms with E-state index in [-0.39, 0.29) is 5.56 Å². The van der Waals surface area contributed by atoms with Gasteiger partial charge >= 0.3 is 5.69 Å². The molecule has 5 heteroatoms. The molecule has 0 radical (unpaired) electrons. The zero-order valence-corrected chi connectivity index (χ0v) is 7.75. The van der Waals surface area contributed by atoms with E-state index in [1.807, 2.05) is 6.26 Å². The Bertz CT molecular complexity index is 380. The van der Waals surface area contributed by atoms with Gasteiger partial charge in [-0.3, -0.25) is 9.78 Å². The molecule has 2 N–H and O–H groups in total. The van der Waals surface area contributed by atoms with Gasteiger partial charge < -0.3 is 4.98 Å². The average Bonchev–Trinajstić information content (AvgIpc) is 2.00. The van der Waals surface area contributed by atoms with E-state index in [1.165, 1.54) is 0 Å². The van der Waals surface area contributed by atoms with Gasteiger partial charge in [-0.15, -0.1) is 0 Å². The third-order valence-electron chi connectivity index (χ3n) is 1.57. The minimum Gasteiger partial charge on any atom is -0.310 e. The molecule has 0 atom stereocenters. The number of thioether (sulfide) groups is 1. The van der Waals surface area contributed by atoms with Crippen molar-refractivity contribution in [2.24, 2.45) is 0 Å². The lowest BCUT2D eigenvalue weighted by atomic mass is 10.3. The van der Waals surface area contributed by atoms with Gasteiger partial charge in [0.15, 0.2) is 0 Å². The molecule has 1 aromatic rings. The van der Waals surface area contributed by atoms with E-state index in [4.69, 9.17) is 0 Å². The lowest BCUT2D eigenvalue weighted by molar-refractivity contribution is 0.955. The normalized spacial score (nSPS) is 10.2. The summed E-state index contributed by atoms with van der Waals surface area (Å²) >= 11 is 1.56. The summed E-state index contributed by atoms with van der Waals surface area (Å²) in [6.07, 6.45) is 1.92. The first-order chi connectivity index (χ1) is 5.65. The van der Waals surface area contributed by atoms with E-state index in [0.717, 1.165) is 0 Å². The van der Waals surface area contributed by atoms with E-state index in [0.29, 0.717) is 17.0 Å². The van der Waals surface area contributed by atoms with Gasteiger partial charge in [0.2, 0.25) is 0 Å². The molecule has 4 nitrogen and oxygen atoms in total. The summed E-state index contributed by atoms with van der Waals surface area (Å²) < 4.78 is 0. The monoisotopic (exact) mass is 186 g/mol. The van der Waals surface area contributed by atoms with E-state index >= 15 is 0 Å². The average molecular weight is 186 g/mol. The van der Waals surface area contributed by atoms with Crippen molar-refractivity contribution in [1.29, 1.82) is 0 Å². The van der Waals surface area contributed by atoms with Gasteiger partial charge in [0, 0.05) is 17.0 Å². The van der Waals surface area contributed by atoms with Crippen LogP contribution in [0.2, 0.25) is 0 Å². The Morgan fingerprint density at radius 3 is 2.58 bits per heavy atom. The second-order valence-electron chi connectivity index (χ2n) is 2.44. The van der Waals surface area contributed by atoms with Crippen LogP contribution in [-0.2, 0) is 5.75 Å². The van der Waals surface area contributed by atoms with E-state index in [1.54, 1.807) is 18.7 Å². The Kier molecular flexibility index (Phi) is 2.75. The van der Waals surface area contributed by atoms with Crippen molar-refractivity contribution in [3.05, 3.63) is 32.1 Å². The Labute approximate surface area is 73.4 Å². The summed E-state index contributed by atoms with van der Waals surface area (Å²) in [6.45, 7) is 1.69. The van der Waals surface area contributed by atoms with Crippen LogP contribution in [0.15, 0.2) is 9.59 Å². The molecule has 0 aliphatic carbocycles. The van der Waals surface area contributed by atoms with Crippen molar-refractivity contribution >= 4 is 11.8 Å². The Balaban J connectivity index is 3.28. The number of H-pyrrole nitrogens is 2. The molecule has 1 aromatic heterocycles. The highest BCUT2D eigenvalue weighted by Gasteiger charge is 2.02. The lowest BCUT2D eigenvalue weighted by Gasteiger charge is -2.00. The van der Waals surface area contributed by atoms with Crippen LogP contribution in [0, 0.1) is 6.92 Å². The Morgan fingerprint density at radius 1 is 1.33 bits per heavy atom. The van der Waals surface area contributed by atoms with Crippen molar-refractivity contribution in [2.75, 3.05) is 6.26 Å². The van der Waals surface area contributed by atoms with Crippen LogP contribution < -0.4 is 11.2 Å². The summed E-state index contributed by atoms with van der Waals surface area (Å²) in [6, 6.07) is 0. The number of rotatable bonds is 2. The highest BCUT2D eigenvalue weighted by atomic mass is 32.2. The second kappa shape index (κ2) is 3.62. The standard InChI is InChI=1S/C7H10N2O2S/c1-4-5(3-12-2)8-7(11)9-6(4)10/h3H2,1-2H3,(H2,8,9,10,11). The lowest BCUT2D eigenvalue weighted by Crippen LogP contribution is -2.26. The molecule has 0 unspecified atom stereocenters. The van der Waals surface area contributed by atoms with Crippen LogP contribution in [0.4, 0.5) is 0 Å². The summed E-state index contributed by atoms with van der Waals surface area (Å²) in [5.74, 6) is 0.658. The quantitative estimate of drug-likeness (QED) is 0.695. The van der Waals surface area contributed by atoms with E-state index in [9.17, 15) is 9.59 Å². The van der Waals surface area contributed by atoms with Gasteiger partial charge in [0.05, 0.1) is 0 Å². The van der Waals surface area contributed by atoms with Crippen LogP contribution in [0.5, 0.6) is 0 Å². The number of aromatic nitrogens is 2. The Hall–Kier alpha value is -0.970. The SMILES string of the molecule is CSCc1[nH]c(=O)[nH]c(=O)c1C. The molecule has 0 saturated carbocycles. The molecule has 0 aliphatic rings. The fourth-order valence-corrected chi connectivity index (χ4v) is 1.46. The van der Waals surface area contributed by atoms with Gasteiger partial charge in [-0.2, -0.15) is 11.8 Å². The first kappa shape index (κ1) is 9.12. The largest absolute Gasteiger partial charge is 0.325 e. The minimum atomic E-state index is -0.436. The molecular formula is C7H10N2O2S. The number of hydrogen-bond acceptors (Lipinski definition) is 3. The Morgan fingerprint density at radius 2 is 2.00 bits per heavy atom. The first-order valence-corrected chi connectivity index (χ1v) is 4.85. The van der Waals surface area contributed by atoms with Crippen LogP contribution in [0.1, 0.15) is 11.3 Å². The highest BCUT2D eigenvalue weighted by molar-refractivity contribution is 7.97. The van der Waals surface area contributed by atoms with Crippen LogP contribution in [-0.4, -0.2) is 16.2 Å². The van der Waals surface area contributed by atoms with Gasteiger partial charge in [0.25, 0.3) is 5.56 Å². The summed E-state index contributed by atoms with van der Waals surface area (Å²) in [7, 11) is 0. The van der Waals surface area contributed by atoms with Crippen molar-refractivity contribution in [3.63, 3.8) is 0 Å². The van der Waals surface area contributed by atoms with Crippen LogP contribution in [0.3, 0.4) is 0 Å². The second-order valence-corrected chi connectivity index (χ2v) is 3.31. The molecule has 0 aromatic carbocycles. The van der Waals surface area contributed by atoms with Crippen molar-refractivity contribution in [2.45, 2.75) is 12.7 Å². The molecule has 1 rings (SSSR count). The molecule has 0 fully saturated rings. The molecule has 12 heavy (non-hydrogen) atoms. The molecule has 0 amide bonds. The third kappa shape index (κ3) is 1.79. The van der Waals surface area contributed by atoms with Crippen LogP contribution in [0.25, 0.3) is 0 Å². The predicted octanol–water partition coefficient (Wildman–Crippen LogP) is 0.235. The number of hydrogen-bond donors (Lipinski definition) is 2. The number of nitrogens with one attached hydrogen (secondary N) is 2. The van der Waals surface area contributed by atoms with Gasteiger partial charge in [-0.05, 0) is 13.2 Å². The molecule has 0 spiro atoms. The zero-order chi connectivity index (χ0) is 9.14. The summed E-state index contributed by atoms with van der Waals surface area (Å²) in [5.41, 5.74) is 0.553. The molecule has 1 heterocycles. The fraction of sp³-hybridized carbons (Fsp3) is 0.429. The molecule has 0 aliphatic heterocycles. The maximum absolute atomic E-state index is 11.1. The smallest absolute Gasteiger partial charge is 0.310 e. The van der Waals surface area contributed by atoms with E-state index in [2.05, 4.69) is 9.97 Å². The van der Waals surface area contributed by atoms with Crippen LogP contribution >= 0.6 is 11.8 Å². The van der Waals surface area contributed by atoms with Crippen molar-refractivity contribution in [1.82, 2.24) is 9.97 Å². The summed E-state index contributed by atoms with van der Waals surface area (Å²) in [4.78, 5) is 26.6. The van der Waals surface area contributed by atoms with Crippen molar-refractivity contribution in [3.8, 4) is 0 Å². The maximum Gasteiger partial charge on any atom is 0.325 e. The highest BCUT2D eigenvalue weighted by Crippen LogP contribution is 2.05. The van der Waals surface area contributed by atoms with E-state index < -0.39 is 5.69 Å². The van der Waals surface area contributed by atoms with Gasteiger partial charge in [0.1, 0.15) is 0 Å². The zero-order valence-electron chi connectivity index (χ0n) is 6.93. The topological polar surface area (TPSA) is 65.7 Å². The molecule has 0 saturated heterocycles. The van der Waals surface area contributed by atoms with Gasteiger partial charge in [-0.1, -0.05) is 0 Å². The predicted molar refractivity (Wildman–Crippen MR) is 49.6 cm³/mol. The minimum absolute atomic E-state index is 0.303. The van der Waals surface area contributed by atoms with Crippen molar-refractivity contribution < 1.29 is 0 Å². The first-order valence-electron chi connectivity index (χ1n) is 3.46. The molecule has 0 bridgehead atoms. The summed E-state index contributed by atoms with van der Waals surface area (Å²) in [5, 5.41) is 0. The number of aromatic amines is 2.